The number of nitrogens with zero attached hydrogens (tertiary/aromatic N) is 1. The topological polar surface area (TPSA) is 81.3 Å². The van der Waals surface area contributed by atoms with E-state index in [0.29, 0.717) is 55.1 Å². The van der Waals surface area contributed by atoms with Crippen molar-refractivity contribution >= 4 is 23.1 Å². The summed E-state index contributed by atoms with van der Waals surface area (Å²) >= 11 is 0. The lowest BCUT2D eigenvalue weighted by Gasteiger charge is -2.31. The summed E-state index contributed by atoms with van der Waals surface area (Å²) in [5, 5.41) is 5.68. The van der Waals surface area contributed by atoms with Crippen LogP contribution in [0.4, 0.5) is 21.9 Å². The van der Waals surface area contributed by atoms with Gasteiger partial charge < -0.3 is 34.5 Å². The minimum atomic E-state index is -0.401. The largest absolute Gasteiger partial charge is 0.495 e. The molecule has 1 aliphatic heterocycles. The van der Waals surface area contributed by atoms with E-state index in [4.69, 9.17) is 18.9 Å². The molecule has 0 aromatic heterocycles. The van der Waals surface area contributed by atoms with E-state index in [9.17, 15) is 4.79 Å². The molecule has 162 valence electrons. The summed E-state index contributed by atoms with van der Waals surface area (Å²) in [6, 6.07) is 10.5. The molecular formula is C22H29N3O5. The van der Waals surface area contributed by atoms with Crippen LogP contribution in [-0.4, -0.2) is 52.7 Å². The Morgan fingerprint density at radius 1 is 0.967 bits per heavy atom. The average molecular weight is 415 g/mol. The molecule has 2 aromatic carbocycles. The Hall–Kier alpha value is -3.13. The van der Waals surface area contributed by atoms with E-state index >= 15 is 0 Å². The van der Waals surface area contributed by atoms with Crippen molar-refractivity contribution in [3.05, 3.63) is 36.4 Å². The first kappa shape index (κ1) is 21.6. The second-order valence-electron chi connectivity index (χ2n) is 6.56. The molecule has 0 unspecified atom stereocenters. The van der Waals surface area contributed by atoms with Crippen LogP contribution >= 0.6 is 0 Å². The van der Waals surface area contributed by atoms with Crippen LogP contribution in [0.1, 0.15) is 13.8 Å². The number of amides is 2. The molecule has 2 aromatic rings. The molecule has 8 nitrogen and oxygen atoms in total. The third-order valence-corrected chi connectivity index (χ3v) is 4.62. The molecule has 0 saturated carbocycles. The maximum absolute atomic E-state index is 12.7. The Labute approximate surface area is 177 Å². The maximum atomic E-state index is 12.7. The number of benzene rings is 2. The first-order valence-corrected chi connectivity index (χ1v) is 10.1. The SMILES string of the molecule is CCOc1cc(N2CCOCC2)c(OCC)cc1NC(=O)Nc1ccccc1OC. The van der Waals surface area contributed by atoms with Crippen molar-refractivity contribution in [2.45, 2.75) is 13.8 Å². The van der Waals surface area contributed by atoms with Gasteiger partial charge in [0.25, 0.3) is 0 Å². The van der Waals surface area contributed by atoms with Crippen LogP contribution in [0.15, 0.2) is 36.4 Å². The van der Waals surface area contributed by atoms with Crippen molar-refractivity contribution in [3.8, 4) is 17.2 Å². The van der Waals surface area contributed by atoms with Crippen LogP contribution in [0.2, 0.25) is 0 Å². The van der Waals surface area contributed by atoms with Crippen LogP contribution in [0.3, 0.4) is 0 Å². The van der Waals surface area contributed by atoms with Gasteiger partial charge in [0.1, 0.15) is 17.2 Å². The van der Waals surface area contributed by atoms with Gasteiger partial charge in [-0.1, -0.05) is 12.1 Å². The number of rotatable bonds is 8. The van der Waals surface area contributed by atoms with Gasteiger partial charge in [0.15, 0.2) is 0 Å². The Morgan fingerprint density at radius 2 is 1.63 bits per heavy atom. The third kappa shape index (κ3) is 5.27. The monoisotopic (exact) mass is 415 g/mol. The predicted octanol–water partition coefficient (Wildman–Crippen LogP) is 3.97. The number of hydrogen-bond donors (Lipinski definition) is 2. The first-order valence-electron chi connectivity index (χ1n) is 10.1. The van der Waals surface area contributed by atoms with E-state index in [2.05, 4.69) is 15.5 Å². The number of urea groups is 1. The minimum absolute atomic E-state index is 0.401. The molecule has 30 heavy (non-hydrogen) atoms. The van der Waals surface area contributed by atoms with Crippen LogP contribution in [0.5, 0.6) is 17.2 Å². The highest BCUT2D eigenvalue weighted by molar-refractivity contribution is 6.02. The number of anilines is 3. The van der Waals surface area contributed by atoms with E-state index in [0.717, 1.165) is 18.8 Å². The fourth-order valence-electron chi connectivity index (χ4n) is 3.27. The van der Waals surface area contributed by atoms with Crippen LogP contribution in [-0.2, 0) is 4.74 Å². The Morgan fingerprint density at radius 3 is 2.33 bits per heavy atom. The number of morpholine rings is 1. The summed E-state index contributed by atoms with van der Waals surface area (Å²) < 4.78 is 22.4. The summed E-state index contributed by atoms with van der Waals surface area (Å²) in [4.78, 5) is 14.9. The van der Waals surface area contributed by atoms with E-state index < -0.39 is 6.03 Å². The quantitative estimate of drug-likeness (QED) is 0.679. The number of hydrogen-bond acceptors (Lipinski definition) is 6. The van der Waals surface area contributed by atoms with Crippen molar-refractivity contribution in [1.82, 2.24) is 0 Å². The van der Waals surface area contributed by atoms with Crippen molar-refractivity contribution in [1.29, 1.82) is 0 Å². The molecule has 1 heterocycles. The maximum Gasteiger partial charge on any atom is 0.323 e. The molecule has 1 saturated heterocycles. The highest BCUT2D eigenvalue weighted by Crippen LogP contribution is 2.39. The molecule has 1 fully saturated rings. The summed E-state index contributed by atoms with van der Waals surface area (Å²) in [6.07, 6.45) is 0. The van der Waals surface area contributed by atoms with E-state index in [1.807, 2.05) is 32.0 Å². The number of ether oxygens (including phenoxy) is 4. The minimum Gasteiger partial charge on any atom is -0.495 e. The van der Waals surface area contributed by atoms with Gasteiger partial charge in [0.2, 0.25) is 0 Å². The number of carbonyl (C=O) groups is 1. The zero-order chi connectivity index (χ0) is 21.3. The number of para-hydroxylation sites is 2. The van der Waals surface area contributed by atoms with Gasteiger partial charge in [-0.05, 0) is 26.0 Å². The second-order valence-corrected chi connectivity index (χ2v) is 6.56. The molecule has 0 atom stereocenters. The van der Waals surface area contributed by atoms with E-state index in [1.165, 1.54) is 0 Å². The highest BCUT2D eigenvalue weighted by atomic mass is 16.5. The summed E-state index contributed by atoms with van der Waals surface area (Å²) in [6.45, 7) is 7.69. The average Bonchev–Trinajstić information content (AvgIpc) is 2.76. The summed E-state index contributed by atoms with van der Waals surface area (Å²) in [7, 11) is 1.56. The van der Waals surface area contributed by atoms with E-state index in [-0.39, 0.29) is 0 Å². The predicted molar refractivity (Wildman–Crippen MR) is 117 cm³/mol. The molecule has 0 radical (unpaired) electrons. The van der Waals surface area contributed by atoms with Gasteiger partial charge in [0, 0.05) is 25.2 Å². The van der Waals surface area contributed by atoms with Crippen molar-refractivity contribution in [2.75, 3.05) is 62.2 Å². The smallest absolute Gasteiger partial charge is 0.323 e. The molecule has 8 heteroatoms. The Bertz CT molecular complexity index is 853. The van der Waals surface area contributed by atoms with Gasteiger partial charge in [-0.3, -0.25) is 0 Å². The first-order chi connectivity index (χ1) is 14.7. The lowest BCUT2D eigenvalue weighted by Crippen LogP contribution is -2.36. The molecule has 0 spiro atoms. The normalized spacial score (nSPS) is 13.5. The lowest BCUT2D eigenvalue weighted by atomic mass is 10.2. The summed E-state index contributed by atoms with van der Waals surface area (Å²) in [5.41, 5.74) is 2.04. The van der Waals surface area contributed by atoms with Gasteiger partial charge in [-0.15, -0.1) is 0 Å². The molecule has 3 rings (SSSR count). The van der Waals surface area contributed by atoms with Crippen LogP contribution in [0, 0.1) is 0 Å². The number of methoxy groups -OCH3 is 1. The van der Waals surface area contributed by atoms with Crippen LogP contribution in [0.25, 0.3) is 0 Å². The highest BCUT2D eigenvalue weighted by Gasteiger charge is 2.20. The Balaban J connectivity index is 1.86. The van der Waals surface area contributed by atoms with Crippen molar-refractivity contribution < 1.29 is 23.7 Å². The standard InChI is InChI=1S/C22H29N3O5/c1-4-29-20-15-18(25-10-12-28-13-11-25)21(30-5-2)14-17(20)24-22(26)23-16-8-6-7-9-19(16)27-3/h6-9,14-15H,4-5,10-13H2,1-3H3,(H2,23,24,26). The number of carbonyl (C=O) groups excluding carboxylic acids is 1. The van der Waals surface area contributed by atoms with Crippen molar-refractivity contribution in [2.24, 2.45) is 0 Å². The lowest BCUT2D eigenvalue weighted by molar-refractivity contribution is 0.122. The zero-order valence-electron chi connectivity index (χ0n) is 17.7. The van der Waals surface area contributed by atoms with Gasteiger partial charge in [-0.25, -0.2) is 4.79 Å². The number of nitrogens with one attached hydrogen (secondary N) is 2. The molecule has 2 amide bonds. The third-order valence-electron chi connectivity index (χ3n) is 4.62. The fraction of sp³-hybridized carbons (Fsp3) is 0.409. The van der Waals surface area contributed by atoms with Crippen LogP contribution < -0.4 is 29.7 Å². The van der Waals surface area contributed by atoms with Gasteiger partial charge in [0.05, 0.1) is 50.6 Å². The second kappa shape index (κ2) is 10.6. The molecule has 0 bridgehead atoms. The fourth-order valence-corrected chi connectivity index (χ4v) is 3.27. The molecule has 2 N–H and O–H groups in total. The van der Waals surface area contributed by atoms with Crippen molar-refractivity contribution in [3.63, 3.8) is 0 Å². The van der Waals surface area contributed by atoms with Gasteiger partial charge >= 0.3 is 6.03 Å². The molecular weight excluding hydrogens is 386 g/mol. The van der Waals surface area contributed by atoms with E-state index in [1.54, 1.807) is 25.3 Å². The molecule has 1 aliphatic rings. The zero-order valence-corrected chi connectivity index (χ0v) is 17.7. The summed E-state index contributed by atoms with van der Waals surface area (Å²) in [5.74, 6) is 1.85. The van der Waals surface area contributed by atoms with Gasteiger partial charge in [-0.2, -0.15) is 0 Å². The Kier molecular flexibility index (Phi) is 7.62. The molecule has 0 aliphatic carbocycles.